The first kappa shape index (κ1) is 19.8. The van der Waals surface area contributed by atoms with E-state index in [0.717, 1.165) is 36.6 Å². The first-order valence-corrected chi connectivity index (χ1v) is 9.45. The van der Waals surface area contributed by atoms with E-state index < -0.39 is 11.7 Å². The summed E-state index contributed by atoms with van der Waals surface area (Å²) < 4.78 is 43.9. The van der Waals surface area contributed by atoms with E-state index in [4.69, 9.17) is 4.74 Å². The van der Waals surface area contributed by atoms with Gasteiger partial charge in [-0.2, -0.15) is 13.2 Å². The molecule has 2 aromatic rings. The highest BCUT2D eigenvalue weighted by atomic mass is 32.1. The Hall–Kier alpha value is -1.97. The van der Waals surface area contributed by atoms with E-state index in [0.29, 0.717) is 30.3 Å². The van der Waals surface area contributed by atoms with Gasteiger partial charge in [0.2, 0.25) is 0 Å². The fourth-order valence-corrected chi connectivity index (χ4v) is 3.65. The molecule has 9 heteroatoms. The second-order valence-corrected chi connectivity index (χ2v) is 7.26. The summed E-state index contributed by atoms with van der Waals surface area (Å²) in [6, 6.07) is 4.87. The molecule has 1 N–H and O–H groups in total. The Morgan fingerprint density at radius 3 is 2.81 bits per heavy atom. The fraction of sp³-hybridized carbons (Fsp3) is 0.444. The van der Waals surface area contributed by atoms with Crippen molar-refractivity contribution in [1.29, 1.82) is 0 Å². The smallest absolute Gasteiger partial charge is 0.379 e. The Morgan fingerprint density at radius 2 is 2.11 bits per heavy atom. The van der Waals surface area contributed by atoms with Crippen LogP contribution in [0, 0.1) is 0 Å². The molecular weight excluding hydrogens is 379 g/mol. The summed E-state index contributed by atoms with van der Waals surface area (Å²) in [7, 11) is 0. The lowest BCUT2D eigenvalue weighted by molar-refractivity contribution is -0.137. The van der Waals surface area contributed by atoms with Crippen LogP contribution >= 0.6 is 11.3 Å². The number of alkyl halides is 3. The summed E-state index contributed by atoms with van der Waals surface area (Å²) in [5.74, 6) is -0.328. The van der Waals surface area contributed by atoms with E-state index in [2.05, 4.69) is 15.2 Å². The molecule has 1 unspecified atom stereocenters. The van der Waals surface area contributed by atoms with Gasteiger partial charge < -0.3 is 10.1 Å². The zero-order valence-electron chi connectivity index (χ0n) is 14.8. The maximum absolute atomic E-state index is 12.9. The quantitative estimate of drug-likeness (QED) is 0.839. The summed E-state index contributed by atoms with van der Waals surface area (Å²) in [6.07, 6.45) is -4.41. The van der Waals surface area contributed by atoms with Crippen LogP contribution in [0.15, 0.2) is 29.6 Å². The molecule has 5 nitrogen and oxygen atoms in total. The lowest BCUT2D eigenvalue weighted by Crippen LogP contribution is -2.46. The Bertz CT molecular complexity index is 788. The second kappa shape index (κ2) is 8.37. The largest absolute Gasteiger partial charge is 0.416 e. The third-order valence-electron chi connectivity index (χ3n) is 4.19. The van der Waals surface area contributed by atoms with Crippen LogP contribution in [0.3, 0.4) is 0 Å². The molecule has 3 rings (SSSR count). The summed E-state index contributed by atoms with van der Waals surface area (Å²) in [5.41, 5.74) is -0.184. The number of aromatic nitrogens is 1. The third-order valence-corrected chi connectivity index (χ3v) is 5.08. The number of halogens is 3. The number of amides is 1. The standard InChI is InChI=1S/C18H20F3N3O2S/c1-12(10-24-5-7-26-8-6-24)22-16(25)15-11-27-17(23-15)13-3-2-4-14(9-13)18(19,20)21/h2-4,9,11-12H,5-8,10H2,1H3,(H,22,25). The Labute approximate surface area is 159 Å². The number of hydrogen-bond donors (Lipinski definition) is 1. The molecule has 1 aliphatic heterocycles. The molecule has 1 amide bonds. The highest BCUT2D eigenvalue weighted by Crippen LogP contribution is 2.33. The Balaban J connectivity index is 1.64. The average molecular weight is 399 g/mol. The van der Waals surface area contributed by atoms with Crippen molar-refractivity contribution >= 4 is 17.2 Å². The van der Waals surface area contributed by atoms with Gasteiger partial charge in [-0.15, -0.1) is 11.3 Å². The van der Waals surface area contributed by atoms with Gasteiger partial charge >= 0.3 is 6.18 Å². The zero-order valence-corrected chi connectivity index (χ0v) is 15.6. The van der Waals surface area contributed by atoms with Crippen LogP contribution in [0.4, 0.5) is 13.2 Å². The van der Waals surface area contributed by atoms with Crippen molar-refractivity contribution in [3.63, 3.8) is 0 Å². The van der Waals surface area contributed by atoms with E-state index in [9.17, 15) is 18.0 Å². The summed E-state index contributed by atoms with van der Waals surface area (Å²) in [5, 5.41) is 4.83. The average Bonchev–Trinajstić information content (AvgIpc) is 3.12. The number of carbonyl (C=O) groups is 1. The van der Waals surface area contributed by atoms with Crippen LogP contribution in [-0.4, -0.2) is 54.7 Å². The topological polar surface area (TPSA) is 54.5 Å². The van der Waals surface area contributed by atoms with Crippen LogP contribution in [0.1, 0.15) is 23.0 Å². The molecule has 1 saturated heterocycles. The highest BCUT2D eigenvalue weighted by Gasteiger charge is 2.30. The van der Waals surface area contributed by atoms with Crippen LogP contribution < -0.4 is 5.32 Å². The molecular formula is C18H20F3N3O2S. The summed E-state index contributed by atoms with van der Waals surface area (Å²) in [4.78, 5) is 18.8. The second-order valence-electron chi connectivity index (χ2n) is 6.40. The van der Waals surface area contributed by atoms with Gasteiger partial charge in [-0.1, -0.05) is 12.1 Å². The molecule has 1 fully saturated rings. The molecule has 1 aromatic heterocycles. The van der Waals surface area contributed by atoms with Gasteiger partial charge in [0.15, 0.2) is 0 Å². The van der Waals surface area contributed by atoms with Gasteiger partial charge in [-0.3, -0.25) is 9.69 Å². The number of nitrogens with one attached hydrogen (secondary N) is 1. The molecule has 1 aromatic carbocycles. The number of carbonyl (C=O) groups excluding carboxylic acids is 1. The number of nitrogens with zero attached hydrogens (tertiary/aromatic N) is 2. The molecule has 1 atom stereocenters. The van der Waals surface area contributed by atoms with E-state index >= 15 is 0 Å². The summed E-state index contributed by atoms with van der Waals surface area (Å²) >= 11 is 1.15. The highest BCUT2D eigenvalue weighted by molar-refractivity contribution is 7.13. The van der Waals surface area contributed by atoms with E-state index in [1.54, 1.807) is 11.4 Å². The predicted octanol–water partition coefficient (Wildman–Crippen LogP) is 3.28. The zero-order chi connectivity index (χ0) is 19.4. The maximum atomic E-state index is 12.9. The fourth-order valence-electron chi connectivity index (χ4n) is 2.85. The molecule has 0 saturated carbocycles. The van der Waals surface area contributed by atoms with E-state index in [1.165, 1.54) is 6.07 Å². The number of rotatable bonds is 5. The lowest BCUT2D eigenvalue weighted by atomic mass is 10.1. The van der Waals surface area contributed by atoms with Gasteiger partial charge in [-0.05, 0) is 19.1 Å². The third kappa shape index (κ3) is 5.27. The number of morpholine rings is 1. The monoisotopic (exact) mass is 399 g/mol. The minimum Gasteiger partial charge on any atom is -0.379 e. The predicted molar refractivity (Wildman–Crippen MR) is 96.7 cm³/mol. The maximum Gasteiger partial charge on any atom is 0.416 e. The van der Waals surface area contributed by atoms with Crippen LogP contribution in [0.5, 0.6) is 0 Å². The van der Waals surface area contributed by atoms with Gasteiger partial charge in [-0.25, -0.2) is 4.98 Å². The minimum atomic E-state index is -4.41. The molecule has 27 heavy (non-hydrogen) atoms. The first-order chi connectivity index (χ1) is 12.8. The van der Waals surface area contributed by atoms with Crippen molar-refractivity contribution in [2.75, 3.05) is 32.8 Å². The van der Waals surface area contributed by atoms with Gasteiger partial charge in [0, 0.05) is 36.6 Å². The van der Waals surface area contributed by atoms with Gasteiger partial charge in [0.05, 0.1) is 18.8 Å². The Kier molecular flexibility index (Phi) is 6.13. The molecule has 0 radical (unpaired) electrons. The molecule has 0 bridgehead atoms. The molecule has 1 aliphatic rings. The van der Waals surface area contributed by atoms with Crippen molar-refractivity contribution in [2.45, 2.75) is 19.1 Å². The van der Waals surface area contributed by atoms with Crippen LogP contribution in [-0.2, 0) is 10.9 Å². The summed E-state index contributed by atoms with van der Waals surface area (Å²) in [6.45, 7) is 5.65. The van der Waals surface area contributed by atoms with Gasteiger partial charge in [0.25, 0.3) is 5.91 Å². The van der Waals surface area contributed by atoms with Crippen molar-refractivity contribution in [3.05, 3.63) is 40.9 Å². The van der Waals surface area contributed by atoms with Crippen molar-refractivity contribution < 1.29 is 22.7 Å². The van der Waals surface area contributed by atoms with E-state index in [-0.39, 0.29) is 17.6 Å². The first-order valence-electron chi connectivity index (χ1n) is 8.57. The number of ether oxygens (including phenoxy) is 1. The van der Waals surface area contributed by atoms with Crippen molar-refractivity contribution in [2.24, 2.45) is 0 Å². The van der Waals surface area contributed by atoms with Crippen LogP contribution in [0.2, 0.25) is 0 Å². The van der Waals surface area contributed by atoms with Crippen molar-refractivity contribution in [1.82, 2.24) is 15.2 Å². The normalized spacial score (nSPS) is 16.9. The molecule has 146 valence electrons. The number of benzene rings is 1. The van der Waals surface area contributed by atoms with E-state index in [1.807, 2.05) is 6.92 Å². The van der Waals surface area contributed by atoms with Crippen LogP contribution in [0.25, 0.3) is 10.6 Å². The number of hydrogen-bond acceptors (Lipinski definition) is 5. The number of thiazole rings is 1. The molecule has 2 heterocycles. The molecule has 0 spiro atoms. The molecule has 0 aliphatic carbocycles. The van der Waals surface area contributed by atoms with Crippen molar-refractivity contribution in [3.8, 4) is 10.6 Å². The lowest BCUT2D eigenvalue weighted by Gasteiger charge is -2.29. The Morgan fingerprint density at radius 1 is 1.37 bits per heavy atom. The SMILES string of the molecule is CC(CN1CCOCC1)NC(=O)c1csc(-c2cccc(C(F)(F)F)c2)n1. The van der Waals surface area contributed by atoms with Gasteiger partial charge in [0.1, 0.15) is 10.7 Å². The minimum absolute atomic E-state index is 0.0747.